The van der Waals surface area contributed by atoms with Crippen LogP contribution in [0, 0.1) is 18.6 Å². The largest absolute Gasteiger partial charge is 0.368 e. The maximum Gasteiger partial charge on any atom is 0.352 e. The Morgan fingerprint density at radius 2 is 1.67 bits per heavy atom. The number of halogens is 2. The lowest BCUT2D eigenvalue weighted by Crippen LogP contribution is -2.12. The van der Waals surface area contributed by atoms with Crippen LogP contribution in [-0.2, 0) is 4.57 Å². The average Bonchev–Trinajstić information content (AvgIpc) is 2.40. The van der Waals surface area contributed by atoms with Crippen LogP contribution >= 0.6 is 7.60 Å². The molecule has 3 N–H and O–H groups in total. The van der Waals surface area contributed by atoms with Crippen LogP contribution in [0.25, 0.3) is 0 Å². The minimum Gasteiger partial charge on any atom is -0.368 e. The van der Waals surface area contributed by atoms with Gasteiger partial charge in [0, 0.05) is 5.69 Å². The maximum absolute atomic E-state index is 13.3. The number of aryl methyl sites for hydroxylation is 1. The van der Waals surface area contributed by atoms with Gasteiger partial charge in [0.1, 0.15) is 0 Å². The number of rotatable bonds is 4. The molecule has 0 bridgehead atoms. The maximum atomic E-state index is 13.3. The van der Waals surface area contributed by atoms with Crippen molar-refractivity contribution in [3.63, 3.8) is 0 Å². The van der Waals surface area contributed by atoms with Crippen molar-refractivity contribution in [3.8, 4) is 0 Å². The molecule has 0 saturated carbocycles. The molecule has 2 rings (SSSR count). The summed E-state index contributed by atoms with van der Waals surface area (Å²) < 4.78 is 37.8. The molecule has 0 saturated heterocycles. The summed E-state index contributed by atoms with van der Waals surface area (Å²) in [5.74, 6) is -3.68. The van der Waals surface area contributed by atoms with Crippen molar-refractivity contribution in [3.05, 3.63) is 65.2 Å². The summed E-state index contributed by atoms with van der Waals surface area (Å²) in [6, 6.07) is 9.60. The van der Waals surface area contributed by atoms with Crippen LogP contribution < -0.4 is 5.32 Å². The van der Waals surface area contributed by atoms with Crippen LogP contribution in [0.2, 0.25) is 0 Å². The molecule has 2 aromatic rings. The molecule has 0 aliphatic heterocycles. The van der Waals surface area contributed by atoms with Crippen LogP contribution in [0.5, 0.6) is 0 Å². The topological polar surface area (TPSA) is 69.6 Å². The van der Waals surface area contributed by atoms with Crippen molar-refractivity contribution in [2.75, 3.05) is 5.32 Å². The molecule has 2 aromatic carbocycles. The van der Waals surface area contributed by atoms with Gasteiger partial charge < -0.3 is 15.1 Å². The van der Waals surface area contributed by atoms with Crippen LogP contribution in [0.3, 0.4) is 0 Å². The molecule has 0 amide bonds. The molecule has 7 heteroatoms. The van der Waals surface area contributed by atoms with E-state index < -0.39 is 25.0 Å². The smallest absolute Gasteiger partial charge is 0.352 e. The van der Waals surface area contributed by atoms with Gasteiger partial charge in [-0.1, -0.05) is 23.8 Å². The minimum atomic E-state index is -4.61. The van der Waals surface area contributed by atoms with E-state index in [9.17, 15) is 23.1 Å². The molecule has 0 unspecified atom stereocenters. The first-order valence-electron chi connectivity index (χ1n) is 6.11. The van der Waals surface area contributed by atoms with Gasteiger partial charge in [0.05, 0.1) is 0 Å². The molecule has 112 valence electrons. The summed E-state index contributed by atoms with van der Waals surface area (Å²) in [4.78, 5) is 18.9. The second kappa shape index (κ2) is 5.93. The van der Waals surface area contributed by atoms with Gasteiger partial charge in [0.25, 0.3) is 0 Å². The Morgan fingerprint density at radius 1 is 1.05 bits per heavy atom. The van der Waals surface area contributed by atoms with E-state index in [1.165, 1.54) is 0 Å². The summed E-state index contributed by atoms with van der Waals surface area (Å²) in [6.07, 6.45) is 0. The number of nitrogens with one attached hydrogen (secondary N) is 1. The van der Waals surface area contributed by atoms with E-state index >= 15 is 0 Å². The Bertz CT molecular complexity index is 685. The monoisotopic (exact) mass is 313 g/mol. The van der Waals surface area contributed by atoms with Crippen molar-refractivity contribution >= 4 is 13.3 Å². The van der Waals surface area contributed by atoms with E-state index in [0.29, 0.717) is 5.69 Å². The Hall–Kier alpha value is -1.75. The van der Waals surface area contributed by atoms with E-state index in [4.69, 9.17) is 0 Å². The first-order chi connectivity index (χ1) is 9.77. The van der Waals surface area contributed by atoms with E-state index in [1.54, 1.807) is 24.3 Å². The van der Waals surface area contributed by atoms with Gasteiger partial charge in [-0.15, -0.1) is 0 Å². The average molecular weight is 313 g/mol. The Labute approximate surface area is 120 Å². The van der Waals surface area contributed by atoms with Crippen LogP contribution in [0.1, 0.15) is 16.9 Å². The number of hydrogen-bond acceptors (Lipinski definition) is 2. The fraction of sp³-hybridized carbons (Fsp3) is 0.143. The molecule has 1 atom stereocenters. The number of hydrogen-bond donors (Lipinski definition) is 3. The third-order valence-corrected chi connectivity index (χ3v) is 4.05. The lowest BCUT2D eigenvalue weighted by Gasteiger charge is -2.21. The van der Waals surface area contributed by atoms with Gasteiger partial charge >= 0.3 is 7.60 Å². The SMILES string of the molecule is Cc1ccc(N[C@@H](c2ccc(F)c(F)c2)P(=O)(O)O)cc1. The Balaban J connectivity index is 2.37. The van der Waals surface area contributed by atoms with Crippen molar-refractivity contribution in [2.45, 2.75) is 12.7 Å². The zero-order chi connectivity index (χ0) is 15.6. The first kappa shape index (κ1) is 15.6. The second-order valence-electron chi connectivity index (χ2n) is 4.68. The van der Waals surface area contributed by atoms with E-state index in [2.05, 4.69) is 5.32 Å². The summed E-state index contributed by atoms with van der Waals surface area (Å²) in [5, 5.41) is 2.66. The van der Waals surface area contributed by atoms with Gasteiger partial charge in [-0.25, -0.2) is 8.78 Å². The van der Waals surface area contributed by atoms with Crippen LogP contribution in [0.15, 0.2) is 42.5 Å². The molecule has 0 aliphatic rings. The fourth-order valence-corrected chi connectivity index (χ4v) is 2.72. The van der Waals surface area contributed by atoms with Crippen molar-refractivity contribution in [1.29, 1.82) is 0 Å². The highest BCUT2D eigenvalue weighted by atomic mass is 31.2. The molecule has 0 spiro atoms. The van der Waals surface area contributed by atoms with Crippen molar-refractivity contribution in [2.24, 2.45) is 0 Å². The molecular formula is C14H14F2NO3P. The quantitative estimate of drug-likeness (QED) is 0.755. The summed E-state index contributed by atoms with van der Waals surface area (Å²) >= 11 is 0. The summed E-state index contributed by atoms with van der Waals surface area (Å²) in [5.41, 5.74) is 1.43. The molecular weight excluding hydrogens is 299 g/mol. The number of benzene rings is 2. The Morgan fingerprint density at radius 3 is 2.19 bits per heavy atom. The first-order valence-corrected chi connectivity index (χ1v) is 7.79. The Kier molecular flexibility index (Phi) is 4.42. The summed E-state index contributed by atoms with van der Waals surface area (Å²) in [6.45, 7) is 1.87. The third kappa shape index (κ3) is 3.88. The standard InChI is InChI=1S/C14H14F2NO3P/c1-9-2-5-11(6-3-9)17-14(21(18,19)20)10-4-7-12(15)13(16)8-10/h2-8,14,17H,1H3,(H2,18,19,20)/t14-/m1/s1. The molecule has 0 aromatic heterocycles. The van der Waals surface area contributed by atoms with Gasteiger partial charge in [-0.3, -0.25) is 4.57 Å². The highest BCUT2D eigenvalue weighted by Gasteiger charge is 2.31. The van der Waals surface area contributed by atoms with Crippen LogP contribution in [-0.4, -0.2) is 9.79 Å². The fourth-order valence-electron chi connectivity index (χ4n) is 1.85. The number of anilines is 1. The van der Waals surface area contributed by atoms with Crippen molar-refractivity contribution < 1.29 is 23.1 Å². The van der Waals surface area contributed by atoms with E-state index in [0.717, 1.165) is 23.8 Å². The lowest BCUT2D eigenvalue weighted by atomic mass is 10.2. The lowest BCUT2D eigenvalue weighted by molar-refractivity contribution is 0.363. The molecule has 0 heterocycles. The zero-order valence-electron chi connectivity index (χ0n) is 11.1. The van der Waals surface area contributed by atoms with Gasteiger partial charge in [0.15, 0.2) is 17.4 Å². The zero-order valence-corrected chi connectivity index (χ0v) is 12.0. The van der Waals surface area contributed by atoms with Gasteiger partial charge in [-0.05, 0) is 36.8 Å². The molecule has 0 fully saturated rings. The van der Waals surface area contributed by atoms with Gasteiger partial charge in [-0.2, -0.15) is 0 Å². The van der Waals surface area contributed by atoms with Crippen LogP contribution in [0.4, 0.5) is 14.5 Å². The highest BCUT2D eigenvalue weighted by molar-refractivity contribution is 7.52. The highest BCUT2D eigenvalue weighted by Crippen LogP contribution is 2.51. The van der Waals surface area contributed by atoms with Gasteiger partial charge in [0.2, 0.25) is 0 Å². The predicted octanol–water partition coefficient (Wildman–Crippen LogP) is 3.56. The summed E-state index contributed by atoms with van der Waals surface area (Å²) in [7, 11) is -4.61. The molecule has 21 heavy (non-hydrogen) atoms. The minimum absolute atomic E-state index is 0.0252. The molecule has 4 nitrogen and oxygen atoms in total. The molecule has 0 radical (unpaired) electrons. The molecule has 0 aliphatic carbocycles. The van der Waals surface area contributed by atoms with E-state index in [1.807, 2.05) is 6.92 Å². The van der Waals surface area contributed by atoms with E-state index in [-0.39, 0.29) is 5.56 Å². The normalized spacial score (nSPS) is 13.0. The van der Waals surface area contributed by atoms with Crippen molar-refractivity contribution in [1.82, 2.24) is 0 Å². The predicted molar refractivity (Wildman–Crippen MR) is 75.9 cm³/mol. The third-order valence-electron chi connectivity index (χ3n) is 2.95. The second-order valence-corrected chi connectivity index (χ2v) is 6.37.